The fraction of sp³-hybridized carbons (Fsp3) is 0.500. The Bertz CT molecular complexity index is 471. The van der Waals surface area contributed by atoms with E-state index in [4.69, 9.17) is 19.3 Å². The number of aliphatic hydroxyl groups is 1. The Morgan fingerprint density at radius 1 is 1.15 bits per heavy atom. The summed E-state index contributed by atoms with van der Waals surface area (Å²) in [6.45, 7) is 1.70. The highest BCUT2D eigenvalue weighted by Crippen LogP contribution is 2.43. The molecule has 0 spiro atoms. The zero-order chi connectivity index (χ0) is 15.3. The minimum atomic E-state index is -1.19. The van der Waals surface area contributed by atoms with Gasteiger partial charge in [-0.05, 0) is 18.6 Å². The van der Waals surface area contributed by atoms with Crippen molar-refractivity contribution in [2.45, 2.75) is 19.4 Å². The Labute approximate surface area is 117 Å². The van der Waals surface area contributed by atoms with Gasteiger partial charge in [-0.15, -0.1) is 0 Å². The number of rotatable bonds is 7. The lowest BCUT2D eigenvalue weighted by molar-refractivity contribution is -0.146. The van der Waals surface area contributed by atoms with Crippen molar-refractivity contribution in [1.82, 2.24) is 0 Å². The number of hydrogen-bond donors (Lipinski definition) is 2. The molecule has 0 saturated carbocycles. The summed E-state index contributed by atoms with van der Waals surface area (Å²) in [6.07, 6.45) is -0.888. The van der Waals surface area contributed by atoms with E-state index in [1.807, 2.05) is 0 Å². The maximum absolute atomic E-state index is 11.2. The maximum atomic E-state index is 11.2. The summed E-state index contributed by atoms with van der Waals surface area (Å²) in [5, 5.41) is 19.4. The minimum absolute atomic E-state index is 0.277. The van der Waals surface area contributed by atoms with Gasteiger partial charge in [0.1, 0.15) is 0 Å². The topological polar surface area (TPSA) is 85.2 Å². The first-order valence-corrected chi connectivity index (χ1v) is 6.21. The molecule has 0 aliphatic heterocycles. The average Bonchev–Trinajstić information content (AvgIpc) is 2.45. The van der Waals surface area contributed by atoms with E-state index in [0.29, 0.717) is 23.5 Å². The predicted molar refractivity (Wildman–Crippen MR) is 72.5 cm³/mol. The van der Waals surface area contributed by atoms with Crippen molar-refractivity contribution in [2.24, 2.45) is 5.92 Å². The van der Waals surface area contributed by atoms with Crippen LogP contribution in [0, 0.1) is 5.92 Å². The van der Waals surface area contributed by atoms with E-state index in [2.05, 4.69) is 0 Å². The third-order valence-electron chi connectivity index (χ3n) is 3.19. The second-order valence-electron chi connectivity index (χ2n) is 4.22. The second-order valence-corrected chi connectivity index (χ2v) is 4.22. The lowest BCUT2D eigenvalue weighted by Gasteiger charge is -2.22. The molecule has 6 nitrogen and oxygen atoms in total. The van der Waals surface area contributed by atoms with Gasteiger partial charge in [-0.2, -0.15) is 0 Å². The molecule has 0 amide bonds. The fourth-order valence-electron chi connectivity index (χ4n) is 2.11. The monoisotopic (exact) mass is 284 g/mol. The van der Waals surface area contributed by atoms with Crippen molar-refractivity contribution in [3.05, 3.63) is 17.7 Å². The van der Waals surface area contributed by atoms with Crippen molar-refractivity contribution in [3.8, 4) is 17.2 Å². The van der Waals surface area contributed by atoms with Crippen LogP contribution in [0.3, 0.4) is 0 Å². The van der Waals surface area contributed by atoms with E-state index in [0.717, 1.165) is 0 Å². The Hall–Kier alpha value is -1.95. The van der Waals surface area contributed by atoms with Crippen molar-refractivity contribution in [2.75, 3.05) is 21.3 Å². The van der Waals surface area contributed by atoms with Gasteiger partial charge >= 0.3 is 5.97 Å². The minimum Gasteiger partial charge on any atom is -0.493 e. The van der Waals surface area contributed by atoms with Gasteiger partial charge in [0, 0.05) is 5.56 Å². The quantitative estimate of drug-likeness (QED) is 0.795. The lowest BCUT2D eigenvalue weighted by atomic mass is 9.92. The molecule has 20 heavy (non-hydrogen) atoms. The third kappa shape index (κ3) is 2.96. The van der Waals surface area contributed by atoms with Gasteiger partial charge in [0.15, 0.2) is 11.5 Å². The molecule has 0 bridgehead atoms. The maximum Gasteiger partial charge on any atom is 0.309 e. The predicted octanol–water partition coefficient (Wildman–Crippen LogP) is 1.86. The molecule has 0 heterocycles. The van der Waals surface area contributed by atoms with Gasteiger partial charge in [0.2, 0.25) is 5.75 Å². The van der Waals surface area contributed by atoms with Crippen LogP contribution in [0.5, 0.6) is 17.2 Å². The molecule has 0 saturated heterocycles. The summed E-state index contributed by atoms with van der Waals surface area (Å²) < 4.78 is 15.6. The molecule has 2 unspecified atom stereocenters. The van der Waals surface area contributed by atoms with Crippen LogP contribution in [0.25, 0.3) is 0 Å². The number of ether oxygens (including phenoxy) is 3. The number of carbonyl (C=O) groups is 1. The number of hydrogen-bond acceptors (Lipinski definition) is 5. The molecule has 1 aromatic rings. The van der Waals surface area contributed by atoms with Crippen LogP contribution in [0.2, 0.25) is 0 Å². The highest BCUT2D eigenvalue weighted by atomic mass is 16.5. The molecule has 0 aromatic heterocycles. The van der Waals surface area contributed by atoms with Gasteiger partial charge in [0.25, 0.3) is 0 Å². The molecule has 6 heteroatoms. The summed E-state index contributed by atoms with van der Waals surface area (Å²) in [5.74, 6) is -0.923. The number of carboxylic acids is 1. The Morgan fingerprint density at radius 3 is 2.15 bits per heavy atom. The smallest absolute Gasteiger partial charge is 0.309 e. The second kappa shape index (κ2) is 7.00. The zero-order valence-electron chi connectivity index (χ0n) is 12.0. The highest BCUT2D eigenvalue weighted by molar-refractivity contribution is 5.71. The van der Waals surface area contributed by atoms with E-state index < -0.39 is 18.0 Å². The number of methoxy groups -OCH3 is 3. The van der Waals surface area contributed by atoms with Crippen LogP contribution in [0.4, 0.5) is 0 Å². The molecule has 1 rings (SSSR count). The van der Waals surface area contributed by atoms with Crippen LogP contribution >= 0.6 is 0 Å². The molecule has 0 radical (unpaired) electrons. The van der Waals surface area contributed by atoms with Gasteiger partial charge in [0.05, 0.1) is 33.4 Å². The SMILES string of the molecule is CCC(C(=O)O)C(O)c1ccc(OC)c(OC)c1OC. The van der Waals surface area contributed by atoms with Crippen LogP contribution in [-0.4, -0.2) is 37.5 Å². The number of benzene rings is 1. The van der Waals surface area contributed by atoms with E-state index in [1.54, 1.807) is 19.1 Å². The average molecular weight is 284 g/mol. The first kappa shape index (κ1) is 16.1. The largest absolute Gasteiger partial charge is 0.493 e. The van der Waals surface area contributed by atoms with Crippen molar-refractivity contribution >= 4 is 5.97 Å². The summed E-state index contributed by atoms with van der Waals surface area (Å²) in [4.78, 5) is 11.2. The Morgan fingerprint density at radius 2 is 1.75 bits per heavy atom. The first-order valence-electron chi connectivity index (χ1n) is 6.21. The standard InChI is InChI=1S/C14H20O6/c1-5-8(14(16)17)11(15)9-6-7-10(18-2)13(20-4)12(9)19-3/h6-8,11,15H,5H2,1-4H3,(H,16,17). The number of carboxylic acid groups (broad SMARTS) is 1. The number of aliphatic hydroxyl groups excluding tert-OH is 1. The van der Waals surface area contributed by atoms with E-state index in [1.165, 1.54) is 21.3 Å². The number of aliphatic carboxylic acids is 1. The molecule has 2 N–H and O–H groups in total. The molecule has 1 aromatic carbocycles. The molecule has 0 fully saturated rings. The van der Waals surface area contributed by atoms with Gasteiger partial charge in [-0.3, -0.25) is 4.79 Å². The van der Waals surface area contributed by atoms with Gasteiger partial charge in [-0.25, -0.2) is 0 Å². The summed E-state index contributed by atoms with van der Waals surface area (Å²) in [5.41, 5.74) is 0.361. The summed E-state index contributed by atoms with van der Waals surface area (Å²) >= 11 is 0. The Balaban J connectivity index is 3.34. The molecular weight excluding hydrogens is 264 g/mol. The Kier molecular flexibility index (Phi) is 5.64. The van der Waals surface area contributed by atoms with Crippen LogP contribution in [-0.2, 0) is 4.79 Å². The summed E-state index contributed by atoms with van der Waals surface area (Å²) in [6, 6.07) is 3.19. The zero-order valence-corrected chi connectivity index (χ0v) is 12.0. The van der Waals surface area contributed by atoms with Crippen LogP contribution in [0.15, 0.2) is 12.1 Å². The lowest BCUT2D eigenvalue weighted by Crippen LogP contribution is -2.21. The van der Waals surface area contributed by atoms with Crippen molar-refractivity contribution < 1.29 is 29.2 Å². The first-order chi connectivity index (χ1) is 9.51. The highest BCUT2D eigenvalue weighted by Gasteiger charge is 2.30. The van der Waals surface area contributed by atoms with E-state index in [9.17, 15) is 9.90 Å². The fourth-order valence-corrected chi connectivity index (χ4v) is 2.11. The van der Waals surface area contributed by atoms with E-state index in [-0.39, 0.29) is 5.75 Å². The van der Waals surface area contributed by atoms with Gasteiger partial charge in [-0.1, -0.05) is 6.92 Å². The molecule has 2 atom stereocenters. The molecule has 0 aliphatic carbocycles. The normalized spacial score (nSPS) is 13.4. The van der Waals surface area contributed by atoms with Gasteiger partial charge < -0.3 is 24.4 Å². The van der Waals surface area contributed by atoms with Crippen LogP contribution in [0.1, 0.15) is 25.0 Å². The molecule has 112 valence electrons. The van der Waals surface area contributed by atoms with Crippen molar-refractivity contribution in [1.29, 1.82) is 0 Å². The van der Waals surface area contributed by atoms with Crippen molar-refractivity contribution in [3.63, 3.8) is 0 Å². The third-order valence-corrected chi connectivity index (χ3v) is 3.19. The summed E-state index contributed by atoms with van der Waals surface area (Å²) in [7, 11) is 4.36. The molecule has 0 aliphatic rings. The molecular formula is C14H20O6. The van der Waals surface area contributed by atoms with Crippen LogP contribution < -0.4 is 14.2 Å². The van der Waals surface area contributed by atoms with E-state index >= 15 is 0 Å².